The molecule has 0 radical (unpaired) electrons. The molecule has 1 saturated heterocycles. The van der Waals surface area contributed by atoms with Gasteiger partial charge < -0.3 is 14.2 Å². The number of hydrogen-bond acceptors (Lipinski definition) is 5. The summed E-state index contributed by atoms with van der Waals surface area (Å²) in [6, 6.07) is 25.2. The smallest absolute Gasteiger partial charge is 0.267 e. The SMILES string of the molecule is COc1ccc(CCn2c(=N)c(C(=O)N3CCC(Cc4ccccc4)CC3)cc3c(=O)n4ccccc4nc32)cc1. The molecule has 0 atom stereocenters. The van der Waals surface area contributed by atoms with Crippen molar-refractivity contribution in [3.63, 3.8) is 0 Å². The molecule has 0 spiro atoms. The largest absolute Gasteiger partial charge is 0.497 e. The van der Waals surface area contributed by atoms with Gasteiger partial charge in [-0.3, -0.25) is 19.4 Å². The number of pyridine rings is 2. The fourth-order valence-corrected chi connectivity index (χ4v) is 5.76. The number of fused-ring (bicyclic) bond motifs is 2. The van der Waals surface area contributed by atoms with Crippen LogP contribution in [0.25, 0.3) is 16.7 Å². The summed E-state index contributed by atoms with van der Waals surface area (Å²) in [5, 5.41) is 9.46. The second kappa shape index (κ2) is 11.4. The molecule has 1 N–H and O–H groups in total. The number of hydrogen-bond donors (Lipinski definition) is 1. The summed E-state index contributed by atoms with van der Waals surface area (Å²) in [6.07, 6.45) is 5.11. The second-order valence-corrected chi connectivity index (χ2v) is 10.7. The van der Waals surface area contributed by atoms with E-state index in [1.807, 2.05) is 41.3 Å². The van der Waals surface area contributed by atoms with Crippen LogP contribution in [0.3, 0.4) is 0 Å². The number of amides is 1. The van der Waals surface area contributed by atoms with Crippen LogP contribution < -0.4 is 15.8 Å². The quantitative estimate of drug-likeness (QED) is 0.304. The maximum absolute atomic E-state index is 13.9. The lowest BCUT2D eigenvalue weighted by Crippen LogP contribution is -2.42. The second-order valence-electron chi connectivity index (χ2n) is 10.7. The van der Waals surface area contributed by atoms with E-state index in [1.165, 1.54) is 9.96 Å². The first-order valence-corrected chi connectivity index (χ1v) is 14.1. The number of piperidine rings is 1. The van der Waals surface area contributed by atoms with Gasteiger partial charge in [0.2, 0.25) is 0 Å². The number of likely N-dealkylation sites (tertiary alicyclic amines) is 1. The third-order valence-corrected chi connectivity index (χ3v) is 8.10. The minimum Gasteiger partial charge on any atom is -0.497 e. The summed E-state index contributed by atoms with van der Waals surface area (Å²) < 4.78 is 8.48. The average molecular weight is 548 g/mol. The van der Waals surface area contributed by atoms with Gasteiger partial charge in [-0.2, -0.15) is 0 Å². The third-order valence-electron chi connectivity index (χ3n) is 8.10. The summed E-state index contributed by atoms with van der Waals surface area (Å²) in [5.74, 6) is 1.09. The van der Waals surface area contributed by atoms with Crippen molar-refractivity contribution in [2.45, 2.75) is 32.2 Å². The molecule has 208 valence electrons. The maximum Gasteiger partial charge on any atom is 0.267 e. The van der Waals surface area contributed by atoms with E-state index in [1.54, 1.807) is 36.1 Å². The van der Waals surface area contributed by atoms with Crippen LogP contribution in [0.2, 0.25) is 0 Å². The van der Waals surface area contributed by atoms with Crippen molar-refractivity contribution in [2.24, 2.45) is 5.92 Å². The predicted molar refractivity (Wildman–Crippen MR) is 158 cm³/mol. The maximum atomic E-state index is 13.9. The van der Waals surface area contributed by atoms with Gasteiger partial charge in [-0.15, -0.1) is 0 Å². The van der Waals surface area contributed by atoms with E-state index in [2.05, 4.69) is 24.3 Å². The van der Waals surface area contributed by atoms with Crippen LogP contribution >= 0.6 is 0 Å². The molecule has 8 nitrogen and oxygen atoms in total. The zero-order valence-corrected chi connectivity index (χ0v) is 23.1. The molecule has 4 heterocycles. The first-order chi connectivity index (χ1) is 20.0. The normalized spacial score (nSPS) is 14.0. The first-order valence-electron chi connectivity index (χ1n) is 14.1. The number of nitrogens with one attached hydrogen (secondary N) is 1. The number of aromatic nitrogens is 3. The average Bonchev–Trinajstić information content (AvgIpc) is 3.01. The Morgan fingerprint density at radius 2 is 1.71 bits per heavy atom. The van der Waals surface area contributed by atoms with Gasteiger partial charge in [0, 0.05) is 25.8 Å². The summed E-state index contributed by atoms with van der Waals surface area (Å²) in [5.41, 5.74) is 3.36. The Hall–Kier alpha value is -4.72. The van der Waals surface area contributed by atoms with Gasteiger partial charge in [0.1, 0.15) is 22.5 Å². The molecule has 8 heteroatoms. The van der Waals surface area contributed by atoms with Crippen molar-refractivity contribution in [1.29, 1.82) is 5.41 Å². The van der Waals surface area contributed by atoms with Crippen LogP contribution in [0.1, 0.15) is 34.3 Å². The summed E-state index contributed by atoms with van der Waals surface area (Å²) in [6.45, 7) is 1.67. The minimum atomic E-state index is -0.251. The molecule has 5 aromatic rings. The highest BCUT2D eigenvalue weighted by Gasteiger charge is 2.26. The summed E-state index contributed by atoms with van der Waals surface area (Å²) >= 11 is 0. The number of methoxy groups -OCH3 is 1. The van der Waals surface area contributed by atoms with Gasteiger partial charge in [-0.1, -0.05) is 48.5 Å². The fraction of sp³-hybridized carbons (Fsp3) is 0.273. The number of ether oxygens (including phenoxy) is 1. The zero-order chi connectivity index (χ0) is 28.3. The van der Waals surface area contributed by atoms with Gasteiger partial charge in [-0.05, 0) is 73.1 Å². The van der Waals surface area contributed by atoms with Gasteiger partial charge in [0.05, 0.1) is 18.1 Å². The van der Waals surface area contributed by atoms with Crippen LogP contribution in [0.5, 0.6) is 5.75 Å². The molecule has 0 saturated carbocycles. The lowest BCUT2D eigenvalue weighted by atomic mass is 9.90. The number of nitrogens with zero attached hydrogens (tertiary/aromatic N) is 4. The monoisotopic (exact) mass is 547 g/mol. The van der Waals surface area contributed by atoms with Crippen molar-refractivity contribution in [1.82, 2.24) is 18.9 Å². The van der Waals surface area contributed by atoms with Gasteiger partial charge in [0.25, 0.3) is 11.5 Å². The summed E-state index contributed by atoms with van der Waals surface area (Å²) in [7, 11) is 1.63. The molecule has 1 fully saturated rings. The molecule has 0 unspecified atom stereocenters. The molecule has 6 rings (SSSR count). The van der Waals surface area contributed by atoms with Crippen molar-refractivity contribution in [2.75, 3.05) is 20.2 Å². The first kappa shape index (κ1) is 26.5. The van der Waals surface area contributed by atoms with E-state index in [4.69, 9.17) is 15.1 Å². The van der Waals surface area contributed by atoms with E-state index in [-0.39, 0.29) is 22.5 Å². The number of carbonyl (C=O) groups excluding carboxylic acids is 1. The Kier molecular flexibility index (Phi) is 7.37. The van der Waals surface area contributed by atoms with Gasteiger partial charge >= 0.3 is 0 Å². The van der Waals surface area contributed by atoms with Gasteiger partial charge in [-0.25, -0.2) is 4.98 Å². The standard InChI is InChI=1S/C33H33N5O3/c1-41-26-12-10-23(11-13-26)16-20-38-30(34)27(22-28-31(38)35-29-9-5-6-17-37(29)33(28)40)32(39)36-18-14-25(15-19-36)21-24-7-3-2-4-8-24/h2-13,17,22,25,34H,14-16,18-21H2,1H3. The van der Waals surface area contributed by atoms with Crippen LogP contribution in [0.4, 0.5) is 0 Å². The molecule has 0 bridgehead atoms. The highest BCUT2D eigenvalue weighted by Crippen LogP contribution is 2.23. The van der Waals surface area contributed by atoms with Crippen LogP contribution in [0, 0.1) is 11.3 Å². The van der Waals surface area contributed by atoms with Crippen molar-refractivity contribution >= 4 is 22.6 Å². The lowest BCUT2D eigenvalue weighted by molar-refractivity contribution is 0.0687. The molecular formula is C33H33N5O3. The van der Waals surface area contributed by atoms with E-state index >= 15 is 0 Å². The van der Waals surface area contributed by atoms with Crippen molar-refractivity contribution < 1.29 is 9.53 Å². The minimum absolute atomic E-state index is 0.0783. The number of benzene rings is 2. The molecule has 2 aromatic carbocycles. The molecule has 1 amide bonds. The molecule has 0 aliphatic carbocycles. The van der Waals surface area contributed by atoms with Crippen LogP contribution in [0.15, 0.2) is 89.9 Å². The van der Waals surface area contributed by atoms with E-state index < -0.39 is 0 Å². The van der Waals surface area contributed by atoms with Crippen LogP contribution in [-0.2, 0) is 19.4 Å². The Labute approximate surface area is 238 Å². The van der Waals surface area contributed by atoms with E-state index in [0.29, 0.717) is 48.7 Å². The van der Waals surface area contributed by atoms with Crippen LogP contribution in [-0.4, -0.2) is 45.0 Å². The molecule has 41 heavy (non-hydrogen) atoms. The zero-order valence-electron chi connectivity index (χ0n) is 23.1. The Bertz CT molecular complexity index is 1820. The fourth-order valence-electron chi connectivity index (χ4n) is 5.76. The predicted octanol–water partition coefficient (Wildman–Crippen LogP) is 4.47. The molecule has 3 aromatic heterocycles. The Morgan fingerprint density at radius 3 is 2.44 bits per heavy atom. The van der Waals surface area contributed by atoms with Crippen molar-refractivity contribution in [3.8, 4) is 5.75 Å². The lowest BCUT2D eigenvalue weighted by Gasteiger charge is -2.32. The molecule has 1 aliphatic rings. The summed E-state index contributed by atoms with van der Waals surface area (Å²) in [4.78, 5) is 34.0. The number of rotatable bonds is 7. The Morgan fingerprint density at radius 1 is 0.976 bits per heavy atom. The molecular weight excluding hydrogens is 514 g/mol. The van der Waals surface area contributed by atoms with Gasteiger partial charge in [0.15, 0.2) is 0 Å². The topological polar surface area (TPSA) is 92.7 Å². The van der Waals surface area contributed by atoms with E-state index in [9.17, 15) is 9.59 Å². The third kappa shape index (κ3) is 5.37. The molecule has 1 aliphatic heterocycles. The number of carbonyl (C=O) groups is 1. The number of aryl methyl sites for hydroxylation is 2. The van der Waals surface area contributed by atoms with Crippen molar-refractivity contribution in [3.05, 3.63) is 118 Å². The van der Waals surface area contributed by atoms with E-state index in [0.717, 1.165) is 30.6 Å². The highest BCUT2D eigenvalue weighted by atomic mass is 16.5. The highest BCUT2D eigenvalue weighted by molar-refractivity contribution is 5.97. The Balaban J connectivity index is 1.33.